The van der Waals surface area contributed by atoms with E-state index in [4.69, 9.17) is 23.2 Å². The molecule has 0 N–H and O–H groups in total. The normalized spacial score (nSPS) is 10.5. The molecule has 100 valence electrons. The largest absolute Gasteiger partial charge is 0.370 e. The molecule has 3 heteroatoms. The molecule has 0 amide bonds. The van der Waals surface area contributed by atoms with Crippen LogP contribution >= 0.6 is 23.2 Å². The molecule has 0 aromatic heterocycles. The lowest BCUT2D eigenvalue weighted by molar-refractivity contribution is 0.921. The molecule has 2 rings (SSSR count). The first kappa shape index (κ1) is 14.2. The molecule has 0 heterocycles. The number of anilines is 1. The molecule has 0 unspecified atom stereocenters. The van der Waals surface area contributed by atoms with Gasteiger partial charge in [0.1, 0.15) is 0 Å². The highest BCUT2D eigenvalue weighted by Gasteiger charge is 2.06. The molecule has 0 atom stereocenters. The first-order chi connectivity index (χ1) is 9.10. The molecule has 19 heavy (non-hydrogen) atoms. The number of nitrogens with zero attached hydrogens (tertiary/aromatic N) is 1. The van der Waals surface area contributed by atoms with E-state index in [1.807, 2.05) is 12.1 Å². The van der Waals surface area contributed by atoms with Crippen LogP contribution in [-0.4, -0.2) is 7.05 Å². The standard InChI is InChI=1S/C16H17Cl2N/c1-12-4-3-5-13(8-12)11-19(2)15-7-6-14(10-17)16(18)9-15/h3-9H,10-11H2,1-2H3. The molecule has 0 saturated heterocycles. The topological polar surface area (TPSA) is 3.24 Å². The highest BCUT2D eigenvalue weighted by Crippen LogP contribution is 2.25. The average molecular weight is 294 g/mol. The molecule has 1 nitrogen and oxygen atoms in total. The molecule has 0 spiro atoms. The number of halogens is 2. The Morgan fingerprint density at radius 3 is 2.53 bits per heavy atom. The van der Waals surface area contributed by atoms with Crippen LogP contribution in [0.25, 0.3) is 0 Å². The third-order valence-corrected chi connectivity index (χ3v) is 3.76. The van der Waals surface area contributed by atoms with Crippen molar-refractivity contribution in [1.82, 2.24) is 0 Å². The maximum atomic E-state index is 6.19. The second-order valence-corrected chi connectivity index (χ2v) is 5.43. The Labute approximate surface area is 124 Å². The Balaban J connectivity index is 2.15. The summed E-state index contributed by atoms with van der Waals surface area (Å²) in [6, 6.07) is 14.5. The Hall–Kier alpha value is -1.18. The van der Waals surface area contributed by atoms with Crippen LogP contribution in [0.4, 0.5) is 5.69 Å². The van der Waals surface area contributed by atoms with Gasteiger partial charge in [0.05, 0.1) is 0 Å². The summed E-state index contributed by atoms with van der Waals surface area (Å²) in [6.07, 6.45) is 0. The fraction of sp³-hybridized carbons (Fsp3) is 0.250. The third kappa shape index (κ3) is 3.65. The van der Waals surface area contributed by atoms with Crippen molar-refractivity contribution in [1.29, 1.82) is 0 Å². The molecular formula is C16H17Cl2N. The molecule has 0 aliphatic rings. The fourth-order valence-corrected chi connectivity index (χ4v) is 2.60. The minimum Gasteiger partial charge on any atom is -0.370 e. The van der Waals surface area contributed by atoms with Crippen molar-refractivity contribution in [2.24, 2.45) is 0 Å². The summed E-state index contributed by atoms with van der Waals surface area (Å²) in [5.74, 6) is 0.445. The van der Waals surface area contributed by atoms with Gasteiger partial charge in [0.2, 0.25) is 0 Å². The zero-order valence-electron chi connectivity index (χ0n) is 11.2. The van der Waals surface area contributed by atoms with Crippen molar-refractivity contribution in [3.05, 3.63) is 64.2 Å². The van der Waals surface area contributed by atoms with Crippen molar-refractivity contribution in [3.63, 3.8) is 0 Å². The predicted molar refractivity (Wildman–Crippen MR) is 84.3 cm³/mol. The molecule has 0 radical (unpaired) electrons. The fourth-order valence-electron chi connectivity index (χ4n) is 2.06. The van der Waals surface area contributed by atoms with Crippen molar-refractivity contribution in [3.8, 4) is 0 Å². The summed E-state index contributed by atoms with van der Waals surface area (Å²) >= 11 is 12.0. The number of benzene rings is 2. The lowest BCUT2D eigenvalue weighted by atomic mass is 10.1. The molecule has 0 aliphatic carbocycles. The maximum absolute atomic E-state index is 6.19. The first-order valence-corrected chi connectivity index (χ1v) is 7.12. The van der Waals surface area contributed by atoms with E-state index in [2.05, 4.69) is 49.2 Å². The molecule has 2 aromatic rings. The lowest BCUT2D eigenvalue weighted by Gasteiger charge is -2.20. The molecular weight excluding hydrogens is 277 g/mol. The minimum absolute atomic E-state index is 0.445. The van der Waals surface area contributed by atoms with Crippen molar-refractivity contribution in [2.75, 3.05) is 11.9 Å². The second-order valence-electron chi connectivity index (χ2n) is 4.75. The number of aryl methyl sites for hydroxylation is 1. The number of hydrogen-bond acceptors (Lipinski definition) is 1. The van der Waals surface area contributed by atoms with Gasteiger partial charge in [-0.1, -0.05) is 47.5 Å². The van der Waals surface area contributed by atoms with Crippen LogP contribution in [0, 0.1) is 6.92 Å². The van der Waals surface area contributed by atoms with Gasteiger partial charge in [0.25, 0.3) is 0 Å². The number of rotatable bonds is 4. The van der Waals surface area contributed by atoms with E-state index in [9.17, 15) is 0 Å². The third-order valence-electron chi connectivity index (χ3n) is 3.12. The molecule has 0 aliphatic heterocycles. The highest BCUT2D eigenvalue weighted by atomic mass is 35.5. The zero-order chi connectivity index (χ0) is 13.8. The van der Waals surface area contributed by atoms with Gasteiger partial charge in [-0.2, -0.15) is 0 Å². The average Bonchev–Trinajstić information content (AvgIpc) is 2.38. The summed E-state index contributed by atoms with van der Waals surface area (Å²) in [5, 5.41) is 0.726. The van der Waals surface area contributed by atoms with Crippen LogP contribution in [-0.2, 0) is 12.4 Å². The van der Waals surface area contributed by atoms with E-state index in [0.29, 0.717) is 5.88 Å². The van der Waals surface area contributed by atoms with E-state index >= 15 is 0 Å². The molecule has 0 bridgehead atoms. The highest BCUT2D eigenvalue weighted by molar-refractivity contribution is 6.32. The van der Waals surface area contributed by atoms with E-state index in [0.717, 1.165) is 22.8 Å². The number of hydrogen-bond donors (Lipinski definition) is 0. The Morgan fingerprint density at radius 1 is 1.11 bits per heavy atom. The van der Waals surface area contributed by atoms with Crippen molar-refractivity contribution < 1.29 is 0 Å². The van der Waals surface area contributed by atoms with Crippen molar-refractivity contribution in [2.45, 2.75) is 19.3 Å². The molecule has 0 saturated carbocycles. The van der Waals surface area contributed by atoms with Gasteiger partial charge in [-0.05, 0) is 30.2 Å². The minimum atomic E-state index is 0.445. The van der Waals surface area contributed by atoms with Gasteiger partial charge in [-0.3, -0.25) is 0 Å². The Kier molecular flexibility index (Phi) is 4.73. The van der Waals surface area contributed by atoms with Gasteiger partial charge in [0.15, 0.2) is 0 Å². The maximum Gasteiger partial charge on any atom is 0.0488 e. The van der Waals surface area contributed by atoms with Gasteiger partial charge in [-0.15, -0.1) is 11.6 Å². The van der Waals surface area contributed by atoms with E-state index in [-0.39, 0.29) is 0 Å². The van der Waals surface area contributed by atoms with Crippen LogP contribution < -0.4 is 4.90 Å². The van der Waals surface area contributed by atoms with E-state index in [1.165, 1.54) is 11.1 Å². The van der Waals surface area contributed by atoms with Crippen LogP contribution in [0.5, 0.6) is 0 Å². The van der Waals surface area contributed by atoms with Gasteiger partial charge in [0, 0.05) is 30.2 Å². The van der Waals surface area contributed by atoms with E-state index < -0.39 is 0 Å². The summed E-state index contributed by atoms with van der Waals surface area (Å²) < 4.78 is 0. The van der Waals surface area contributed by atoms with Gasteiger partial charge in [-0.25, -0.2) is 0 Å². The number of alkyl halides is 1. The van der Waals surface area contributed by atoms with E-state index in [1.54, 1.807) is 0 Å². The smallest absolute Gasteiger partial charge is 0.0488 e. The Morgan fingerprint density at radius 2 is 1.89 bits per heavy atom. The lowest BCUT2D eigenvalue weighted by Crippen LogP contribution is -2.16. The van der Waals surface area contributed by atoms with Crippen LogP contribution in [0.2, 0.25) is 5.02 Å². The SMILES string of the molecule is Cc1cccc(CN(C)c2ccc(CCl)c(Cl)c2)c1. The summed E-state index contributed by atoms with van der Waals surface area (Å²) in [6.45, 7) is 2.97. The van der Waals surface area contributed by atoms with Gasteiger partial charge >= 0.3 is 0 Å². The predicted octanol–water partition coefficient (Wildman–Crippen LogP) is 5.02. The molecule has 0 fully saturated rings. The summed E-state index contributed by atoms with van der Waals surface area (Å²) in [7, 11) is 2.06. The van der Waals surface area contributed by atoms with Crippen molar-refractivity contribution >= 4 is 28.9 Å². The monoisotopic (exact) mass is 293 g/mol. The first-order valence-electron chi connectivity index (χ1n) is 6.21. The Bertz CT molecular complexity index is 566. The quantitative estimate of drug-likeness (QED) is 0.715. The van der Waals surface area contributed by atoms with Crippen LogP contribution in [0.3, 0.4) is 0 Å². The summed E-state index contributed by atoms with van der Waals surface area (Å²) in [5.41, 5.74) is 4.64. The second kappa shape index (κ2) is 6.31. The van der Waals surface area contributed by atoms with Crippen LogP contribution in [0.15, 0.2) is 42.5 Å². The van der Waals surface area contributed by atoms with Gasteiger partial charge < -0.3 is 4.90 Å². The zero-order valence-corrected chi connectivity index (χ0v) is 12.7. The molecule has 2 aromatic carbocycles. The van der Waals surface area contributed by atoms with Crippen LogP contribution in [0.1, 0.15) is 16.7 Å². The summed E-state index contributed by atoms with van der Waals surface area (Å²) in [4.78, 5) is 2.18.